The number of esters is 1. The lowest BCUT2D eigenvalue weighted by Gasteiger charge is -2.33. The van der Waals surface area contributed by atoms with E-state index in [-0.39, 0.29) is 21.7 Å². The maximum absolute atomic E-state index is 13.3. The number of ketones is 1. The molecule has 1 N–H and O–H groups in total. The Kier molecular flexibility index (Phi) is 8.67. The normalized spacial score (nSPS) is 19.4. The molecule has 1 aromatic rings. The zero-order chi connectivity index (χ0) is 24.4. The average molecular weight is 503 g/mol. The first kappa shape index (κ1) is 26.5. The van der Waals surface area contributed by atoms with Crippen LogP contribution >= 0.6 is 23.2 Å². The summed E-state index contributed by atoms with van der Waals surface area (Å²) in [5.74, 6) is -3.89. The van der Waals surface area contributed by atoms with Gasteiger partial charge in [0.25, 0.3) is 0 Å². The molecule has 0 aromatic heterocycles. The van der Waals surface area contributed by atoms with Gasteiger partial charge in [0, 0.05) is 28.9 Å². The lowest BCUT2D eigenvalue weighted by atomic mass is 9.74. The quantitative estimate of drug-likeness (QED) is 0.534. The highest BCUT2D eigenvalue weighted by Crippen LogP contribution is 2.44. The van der Waals surface area contributed by atoms with Gasteiger partial charge in [0.1, 0.15) is 11.7 Å². The van der Waals surface area contributed by atoms with Gasteiger partial charge in [-0.3, -0.25) is 14.6 Å². The predicted molar refractivity (Wildman–Crippen MR) is 127 cm³/mol. The molecule has 2 rings (SSSR count). The van der Waals surface area contributed by atoms with Crippen molar-refractivity contribution in [3.05, 3.63) is 45.1 Å². The molecular weight excluding hydrogens is 475 g/mol. The van der Waals surface area contributed by atoms with Gasteiger partial charge in [0.2, 0.25) is 10.0 Å². The van der Waals surface area contributed by atoms with E-state index in [1.807, 2.05) is 0 Å². The highest BCUT2D eigenvalue weighted by molar-refractivity contribution is 7.90. The monoisotopic (exact) mass is 502 g/mol. The first-order valence-corrected chi connectivity index (χ1v) is 12.6. The first-order chi connectivity index (χ1) is 14.7. The molecule has 1 aromatic carbocycles. The Morgan fingerprint density at radius 2 is 1.78 bits per heavy atom. The summed E-state index contributed by atoms with van der Waals surface area (Å²) in [5, 5.41) is 0.427. The van der Waals surface area contributed by atoms with Crippen LogP contribution in [0.1, 0.15) is 53.0 Å². The zero-order valence-electron chi connectivity index (χ0n) is 18.9. The second kappa shape index (κ2) is 10.5. The van der Waals surface area contributed by atoms with Gasteiger partial charge < -0.3 is 4.74 Å². The van der Waals surface area contributed by atoms with E-state index in [2.05, 4.69) is 9.71 Å². The fraction of sp³-hybridized carbons (Fsp3) is 0.500. The van der Waals surface area contributed by atoms with Crippen LogP contribution in [0.25, 0.3) is 0 Å². The number of ether oxygens (including phenoxy) is 1. The maximum Gasteiger partial charge on any atom is 0.315 e. The van der Waals surface area contributed by atoms with E-state index >= 15 is 0 Å². The SMILES string of the molecule is CC1=NC(C)=C(C(=O)CS(=O)(=O)NC(C)C)C(c2cccc(Cl)c2Cl)C1C(=O)OC(C)C. The summed E-state index contributed by atoms with van der Waals surface area (Å²) < 4.78 is 32.8. The molecule has 0 fully saturated rings. The fourth-order valence-corrected chi connectivity index (χ4v) is 5.49. The summed E-state index contributed by atoms with van der Waals surface area (Å²) in [5.41, 5.74) is 1.28. The van der Waals surface area contributed by atoms with Gasteiger partial charge in [-0.1, -0.05) is 35.3 Å². The van der Waals surface area contributed by atoms with Crippen molar-refractivity contribution in [1.29, 1.82) is 0 Å². The number of carbonyl (C=O) groups excluding carboxylic acids is 2. The molecule has 2 unspecified atom stereocenters. The van der Waals surface area contributed by atoms with Gasteiger partial charge in [-0.15, -0.1) is 0 Å². The van der Waals surface area contributed by atoms with Crippen LogP contribution in [0.2, 0.25) is 10.0 Å². The second-order valence-corrected chi connectivity index (χ2v) is 10.8. The number of sulfonamides is 1. The van der Waals surface area contributed by atoms with Crippen LogP contribution in [0.15, 0.2) is 34.5 Å². The summed E-state index contributed by atoms with van der Waals surface area (Å²) in [6, 6.07) is 4.54. The van der Waals surface area contributed by atoms with Gasteiger partial charge in [-0.05, 0) is 53.2 Å². The predicted octanol–water partition coefficient (Wildman–Crippen LogP) is 4.29. The van der Waals surface area contributed by atoms with Crippen molar-refractivity contribution in [3.8, 4) is 0 Å². The molecule has 1 heterocycles. The van der Waals surface area contributed by atoms with Crippen LogP contribution in [0, 0.1) is 5.92 Å². The zero-order valence-corrected chi connectivity index (χ0v) is 21.2. The summed E-state index contributed by atoms with van der Waals surface area (Å²) in [7, 11) is -3.90. The first-order valence-electron chi connectivity index (χ1n) is 10.2. The Labute approximate surface area is 199 Å². The number of nitrogens with zero attached hydrogens (tertiary/aromatic N) is 1. The Morgan fingerprint density at radius 1 is 1.16 bits per heavy atom. The molecule has 7 nitrogen and oxygen atoms in total. The number of hydrogen-bond donors (Lipinski definition) is 1. The molecule has 0 saturated carbocycles. The molecule has 0 amide bonds. The van der Waals surface area contributed by atoms with Crippen molar-refractivity contribution in [2.45, 2.75) is 59.6 Å². The van der Waals surface area contributed by atoms with E-state index in [0.29, 0.717) is 17.0 Å². The topological polar surface area (TPSA) is 102 Å². The van der Waals surface area contributed by atoms with Crippen LogP contribution in [0.5, 0.6) is 0 Å². The third-order valence-corrected chi connectivity index (χ3v) is 7.09. The third kappa shape index (κ3) is 6.19. The highest BCUT2D eigenvalue weighted by atomic mass is 35.5. The Morgan fingerprint density at radius 3 is 2.34 bits per heavy atom. The second-order valence-electron chi connectivity index (χ2n) is 8.29. The molecular formula is C22H28Cl2N2O5S. The van der Waals surface area contributed by atoms with E-state index in [1.54, 1.807) is 59.7 Å². The van der Waals surface area contributed by atoms with Gasteiger partial charge in [0.05, 0.1) is 16.1 Å². The number of rotatable bonds is 8. The van der Waals surface area contributed by atoms with Crippen LogP contribution in [0.4, 0.5) is 0 Å². The lowest BCUT2D eigenvalue weighted by molar-refractivity contribution is -0.150. The molecule has 176 valence electrons. The smallest absolute Gasteiger partial charge is 0.315 e. The number of nitrogens with one attached hydrogen (secondary N) is 1. The highest BCUT2D eigenvalue weighted by Gasteiger charge is 2.43. The van der Waals surface area contributed by atoms with Crippen molar-refractivity contribution in [1.82, 2.24) is 4.72 Å². The summed E-state index contributed by atoms with van der Waals surface area (Å²) in [6.45, 7) is 10.0. The molecule has 0 spiro atoms. The number of aliphatic imine (C=N–C) groups is 1. The molecule has 2 atom stereocenters. The van der Waals surface area contributed by atoms with E-state index in [1.165, 1.54) is 0 Å². The Bertz CT molecular complexity index is 1080. The van der Waals surface area contributed by atoms with Crippen molar-refractivity contribution in [2.24, 2.45) is 10.9 Å². The van der Waals surface area contributed by atoms with Gasteiger partial charge >= 0.3 is 5.97 Å². The van der Waals surface area contributed by atoms with Crippen molar-refractivity contribution in [2.75, 3.05) is 5.75 Å². The molecule has 32 heavy (non-hydrogen) atoms. The number of hydrogen-bond acceptors (Lipinski definition) is 6. The molecule has 0 radical (unpaired) electrons. The molecule has 0 saturated heterocycles. The van der Waals surface area contributed by atoms with Crippen LogP contribution in [-0.4, -0.2) is 43.8 Å². The van der Waals surface area contributed by atoms with Crippen molar-refractivity contribution < 1.29 is 22.7 Å². The number of benzene rings is 1. The molecule has 0 bridgehead atoms. The molecule has 1 aliphatic heterocycles. The van der Waals surface area contributed by atoms with Crippen LogP contribution in [-0.2, 0) is 24.3 Å². The third-order valence-electron chi connectivity index (χ3n) is 4.79. The minimum Gasteiger partial charge on any atom is -0.462 e. The standard InChI is InChI=1S/C22H28Cl2N2O5S/c1-11(2)26-32(29,30)10-17(27)18-13(5)25-14(6)19(22(28)31-12(3)4)20(18)15-8-7-9-16(23)21(15)24/h7-9,11-12,19-20,26H,10H2,1-6H3. The molecule has 0 aliphatic carbocycles. The van der Waals surface area contributed by atoms with Crippen LogP contribution < -0.4 is 4.72 Å². The fourth-order valence-electron chi connectivity index (χ4n) is 3.76. The number of carbonyl (C=O) groups is 2. The van der Waals surface area contributed by atoms with E-state index in [9.17, 15) is 18.0 Å². The van der Waals surface area contributed by atoms with Crippen LogP contribution in [0.3, 0.4) is 0 Å². The van der Waals surface area contributed by atoms with E-state index < -0.39 is 45.5 Å². The Hall–Kier alpha value is -1.74. The maximum atomic E-state index is 13.3. The number of allylic oxidation sites excluding steroid dienone is 2. The minimum absolute atomic E-state index is 0.0969. The summed E-state index contributed by atoms with van der Waals surface area (Å²) in [4.78, 5) is 30.8. The lowest BCUT2D eigenvalue weighted by Crippen LogP contribution is -2.40. The van der Waals surface area contributed by atoms with Crippen molar-refractivity contribution >= 4 is 50.7 Å². The Balaban J connectivity index is 2.67. The van der Waals surface area contributed by atoms with Crippen molar-refractivity contribution in [3.63, 3.8) is 0 Å². The number of halogens is 2. The van der Waals surface area contributed by atoms with Gasteiger partial charge in [0.15, 0.2) is 5.78 Å². The number of Topliss-reactive ketones (excluding diaryl/α,β-unsaturated/α-hetero) is 1. The molecule has 1 aliphatic rings. The van der Waals surface area contributed by atoms with E-state index in [4.69, 9.17) is 27.9 Å². The molecule has 10 heteroatoms. The minimum atomic E-state index is -3.90. The summed E-state index contributed by atoms with van der Waals surface area (Å²) in [6.07, 6.45) is -0.396. The van der Waals surface area contributed by atoms with Gasteiger partial charge in [-0.25, -0.2) is 13.1 Å². The average Bonchev–Trinajstić information content (AvgIpc) is 2.60. The largest absolute Gasteiger partial charge is 0.462 e. The van der Waals surface area contributed by atoms with E-state index in [0.717, 1.165) is 0 Å². The van der Waals surface area contributed by atoms with Gasteiger partial charge in [-0.2, -0.15) is 0 Å². The summed E-state index contributed by atoms with van der Waals surface area (Å²) >= 11 is 12.7.